The van der Waals surface area contributed by atoms with Gasteiger partial charge in [-0.15, -0.1) is 0 Å². The average molecular weight is 572 g/mol. The zero-order valence-electron chi connectivity index (χ0n) is 25.6. The number of aryl methyl sites for hydroxylation is 4. The Morgan fingerprint density at radius 2 is 0.846 bits per heavy atom. The molecular formula is C36H52N2Ni. The number of hydrogen-bond donors (Lipinski definition) is 0. The second kappa shape index (κ2) is 17.0. The molecule has 0 radical (unpaired) electrons. The van der Waals surface area contributed by atoms with Gasteiger partial charge in [0.1, 0.15) is 0 Å². The van der Waals surface area contributed by atoms with E-state index in [1.807, 2.05) is 0 Å². The van der Waals surface area contributed by atoms with Crippen molar-refractivity contribution in [3.8, 4) is 0 Å². The normalized spacial score (nSPS) is 13.4. The maximum Gasteiger partial charge on any atom is 0.211 e. The molecule has 0 saturated carbocycles. The molecule has 0 spiro atoms. The van der Waals surface area contributed by atoms with Crippen molar-refractivity contribution >= 4 is 11.4 Å². The summed E-state index contributed by atoms with van der Waals surface area (Å²) in [6.45, 7) is 13.5. The van der Waals surface area contributed by atoms with E-state index in [0.29, 0.717) is 0 Å². The fourth-order valence-corrected chi connectivity index (χ4v) is 5.84. The van der Waals surface area contributed by atoms with E-state index >= 15 is 0 Å². The van der Waals surface area contributed by atoms with Crippen LogP contribution in [0.1, 0.15) is 139 Å². The van der Waals surface area contributed by atoms with Gasteiger partial charge in [-0.3, -0.25) is 0 Å². The Bertz CT molecular complexity index is 1110. The summed E-state index contributed by atoms with van der Waals surface area (Å²) in [5, 5.41) is 0. The second-order valence-corrected chi connectivity index (χ2v) is 11.1. The maximum atomic E-state index is 12.0. The Morgan fingerprint density at radius 3 is 1.23 bits per heavy atom. The monoisotopic (exact) mass is 570 g/mol. The van der Waals surface area contributed by atoms with Crippen molar-refractivity contribution in [3.63, 3.8) is 0 Å². The first kappa shape index (κ1) is 33.2. The van der Waals surface area contributed by atoms with Gasteiger partial charge in [-0.2, -0.15) is 0 Å². The van der Waals surface area contributed by atoms with Gasteiger partial charge in [-0.1, -0.05) is 92.2 Å². The molecule has 0 saturated heterocycles. The van der Waals surface area contributed by atoms with Crippen molar-refractivity contribution < 1.29 is 21.2 Å². The molecule has 0 fully saturated rings. The summed E-state index contributed by atoms with van der Waals surface area (Å²) in [4.78, 5) is 0. The molecular weight excluding hydrogens is 519 g/mol. The minimum atomic E-state index is 0. The fraction of sp³-hybridized carbons (Fsp3) is 0.556. The van der Waals surface area contributed by atoms with E-state index in [1.165, 1.54) is 83.1 Å². The van der Waals surface area contributed by atoms with Crippen LogP contribution in [0.2, 0.25) is 0 Å². The minimum Gasteiger partial charge on any atom is -0.493 e. The van der Waals surface area contributed by atoms with Crippen molar-refractivity contribution in [1.82, 2.24) is 0 Å². The summed E-state index contributed by atoms with van der Waals surface area (Å²) in [6, 6.07) is 13.9. The molecule has 1 heterocycles. The Morgan fingerprint density at radius 1 is 0.487 bits per heavy atom. The van der Waals surface area contributed by atoms with Crippen LogP contribution in [-0.4, -0.2) is 4.70 Å². The van der Waals surface area contributed by atoms with Crippen molar-refractivity contribution in [2.45, 2.75) is 131 Å². The average Bonchev–Trinajstić information content (AvgIpc) is 3.23. The number of hydrogen-bond acceptors (Lipinski definition) is 0. The Balaban J connectivity index is 0.00000533. The summed E-state index contributed by atoms with van der Waals surface area (Å²) in [5.41, 5.74) is 24.6. The van der Waals surface area contributed by atoms with Gasteiger partial charge in [0.25, 0.3) is 0 Å². The predicted octanol–water partition coefficient (Wildman–Crippen LogP) is 11.0. The first-order valence-corrected chi connectivity index (χ1v) is 15.7. The third-order valence-corrected chi connectivity index (χ3v) is 8.21. The molecule has 39 heavy (non-hydrogen) atoms. The largest absolute Gasteiger partial charge is 0.493 e. The van der Waals surface area contributed by atoms with Gasteiger partial charge in [0.05, 0.1) is 0 Å². The van der Waals surface area contributed by atoms with Gasteiger partial charge in [0.15, 0.2) is 0 Å². The van der Waals surface area contributed by atoms with Crippen molar-refractivity contribution in [1.29, 1.82) is 0 Å². The molecule has 0 aromatic heterocycles. The first-order valence-electron chi connectivity index (χ1n) is 15.7. The summed E-state index contributed by atoms with van der Waals surface area (Å²) >= 11 is 0. The molecule has 2 aromatic carbocycles. The Hall–Kier alpha value is -1.99. The molecule has 0 unspecified atom stereocenters. The van der Waals surface area contributed by atoms with Crippen LogP contribution >= 0.6 is 0 Å². The van der Waals surface area contributed by atoms with E-state index in [0.717, 1.165) is 62.8 Å². The number of rotatable bonds is 16. The minimum absolute atomic E-state index is 0. The molecule has 0 amide bonds. The standard InChI is InChI=1S/C36H52N2.Ni/c1-7-13-15-16-17-18-20-34-33(19-14-8-2)35(31-23-27(9-3)21-28(10-4)24-31)38(37)36(34)32-25-29(11-5)22-30(12-6)26-32;/h21-26H,7-20H2,1-6H3;. The Labute approximate surface area is 249 Å². The molecule has 0 atom stereocenters. The van der Waals surface area contributed by atoms with Crippen LogP contribution in [0.5, 0.6) is 0 Å². The van der Waals surface area contributed by atoms with E-state index in [9.17, 15) is 5.53 Å². The van der Waals surface area contributed by atoms with E-state index in [-0.39, 0.29) is 16.5 Å². The fourth-order valence-electron chi connectivity index (χ4n) is 5.84. The molecule has 0 aliphatic carbocycles. The quantitative estimate of drug-likeness (QED) is 0.109. The van der Waals surface area contributed by atoms with E-state index in [2.05, 4.69) is 77.9 Å². The van der Waals surface area contributed by atoms with Crippen LogP contribution in [0, 0.1) is 0 Å². The molecule has 216 valence electrons. The number of allylic oxidation sites excluding steroid dienone is 2. The third kappa shape index (κ3) is 8.50. The maximum absolute atomic E-state index is 12.0. The van der Waals surface area contributed by atoms with Crippen molar-refractivity contribution in [2.75, 3.05) is 0 Å². The molecule has 2 nitrogen and oxygen atoms in total. The summed E-state index contributed by atoms with van der Waals surface area (Å²) < 4.78 is 1.58. The molecule has 0 bridgehead atoms. The van der Waals surface area contributed by atoms with Crippen LogP contribution in [0.3, 0.4) is 0 Å². The molecule has 3 heteroatoms. The molecule has 3 rings (SSSR count). The zero-order valence-corrected chi connectivity index (χ0v) is 26.6. The van der Waals surface area contributed by atoms with E-state index in [4.69, 9.17) is 0 Å². The molecule has 1 aliphatic heterocycles. The number of unbranched alkanes of at least 4 members (excludes halogenated alkanes) is 6. The van der Waals surface area contributed by atoms with E-state index in [1.54, 1.807) is 4.70 Å². The van der Waals surface area contributed by atoms with Gasteiger partial charge in [0, 0.05) is 38.8 Å². The van der Waals surface area contributed by atoms with Crippen LogP contribution in [-0.2, 0) is 42.2 Å². The van der Waals surface area contributed by atoms with Crippen LogP contribution in [0.4, 0.5) is 0 Å². The van der Waals surface area contributed by atoms with Gasteiger partial charge in [0.2, 0.25) is 11.4 Å². The summed E-state index contributed by atoms with van der Waals surface area (Å²) in [7, 11) is 0. The first-order chi connectivity index (χ1) is 18.5. The third-order valence-electron chi connectivity index (χ3n) is 8.21. The van der Waals surface area contributed by atoms with Crippen molar-refractivity contribution in [3.05, 3.63) is 86.5 Å². The molecule has 1 aliphatic rings. The van der Waals surface area contributed by atoms with Gasteiger partial charge in [-0.25, -0.2) is 4.70 Å². The van der Waals surface area contributed by atoms with Crippen LogP contribution in [0.25, 0.3) is 16.9 Å². The summed E-state index contributed by atoms with van der Waals surface area (Å²) in [5.74, 6) is 0. The Kier molecular flexibility index (Phi) is 14.5. The van der Waals surface area contributed by atoms with E-state index < -0.39 is 0 Å². The van der Waals surface area contributed by atoms with Gasteiger partial charge < -0.3 is 5.53 Å². The van der Waals surface area contributed by atoms with Crippen molar-refractivity contribution in [2.24, 2.45) is 0 Å². The molecule has 2 aromatic rings. The number of benzene rings is 2. The van der Waals surface area contributed by atoms with Gasteiger partial charge >= 0.3 is 0 Å². The smallest absolute Gasteiger partial charge is 0.211 e. The molecule has 0 N–H and O–H groups in total. The SMILES string of the molecule is CCCCCCCCC1=C(c2cc(CC)cc(CC)c2)[N+](=[N-])C(c2cc(CC)cc(CC)c2)=C1CCCC.[Ni]. The van der Waals surface area contributed by atoms with Crippen LogP contribution < -0.4 is 0 Å². The zero-order chi connectivity index (χ0) is 27.5. The predicted molar refractivity (Wildman–Crippen MR) is 165 cm³/mol. The van der Waals surface area contributed by atoms with Crippen LogP contribution in [0.15, 0.2) is 47.5 Å². The summed E-state index contributed by atoms with van der Waals surface area (Å²) in [6.07, 6.45) is 16.1. The topological polar surface area (TPSA) is 25.3 Å². The number of nitrogens with zero attached hydrogens (tertiary/aromatic N) is 2. The van der Waals surface area contributed by atoms with Gasteiger partial charge in [-0.05, 0) is 97.9 Å². The second-order valence-electron chi connectivity index (χ2n) is 11.1.